The maximum Gasteiger partial charge on any atom is 0.142 e. The van der Waals surface area contributed by atoms with E-state index in [1.165, 1.54) is 0 Å². The van der Waals surface area contributed by atoms with E-state index in [2.05, 4.69) is 37.2 Å². The normalized spacial score (nSPS) is 10.3. The number of halogens is 2. The Kier molecular flexibility index (Phi) is 4.71. The minimum absolute atomic E-state index is 0.254. The van der Waals surface area contributed by atoms with Crippen molar-refractivity contribution in [3.63, 3.8) is 0 Å². The van der Waals surface area contributed by atoms with Crippen LogP contribution in [0.4, 0.5) is 5.69 Å². The van der Waals surface area contributed by atoms with Gasteiger partial charge in [0.25, 0.3) is 0 Å². The van der Waals surface area contributed by atoms with Gasteiger partial charge < -0.3 is 15.2 Å². The Morgan fingerprint density at radius 2 is 2.00 bits per heavy atom. The number of para-hydroxylation sites is 1. The maximum atomic E-state index is 9.93. The molecule has 100 valence electrons. The van der Waals surface area contributed by atoms with Gasteiger partial charge in [-0.05, 0) is 40.2 Å². The van der Waals surface area contributed by atoms with Crippen molar-refractivity contribution in [3.8, 4) is 11.5 Å². The quantitative estimate of drug-likeness (QED) is 0.810. The highest BCUT2D eigenvalue weighted by Crippen LogP contribution is 2.31. The van der Waals surface area contributed by atoms with Crippen molar-refractivity contribution in [2.75, 3.05) is 12.4 Å². The largest absolute Gasteiger partial charge is 0.506 e. The first kappa shape index (κ1) is 14.2. The van der Waals surface area contributed by atoms with Crippen LogP contribution in [0.3, 0.4) is 0 Å². The molecule has 0 aliphatic rings. The van der Waals surface area contributed by atoms with Crippen LogP contribution in [0.25, 0.3) is 0 Å². The summed E-state index contributed by atoms with van der Waals surface area (Å²) >= 11 is 6.73. The molecule has 0 bridgehead atoms. The molecule has 0 aliphatic carbocycles. The number of benzene rings is 2. The molecule has 0 saturated carbocycles. The highest BCUT2D eigenvalue weighted by molar-refractivity contribution is 9.10. The number of aromatic hydroxyl groups is 1. The summed E-state index contributed by atoms with van der Waals surface area (Å²) in [5.74, 6) is 1.02. The summed E-state index contributed by atoms with van der Waals surface area (Å²) in [6.07, 6.45) is 0. The lowest BCUT2D eigenvalue weighted by molar-refractivity contribution is 0.416. The fourth-order valence-electron chi connectivity index (χ4n) is 1.71. The molecule has 2 aromatic carbocycles. The average molecular weight is 387 g/mol. The monoisotopic (exact) mass is 385 g/mol. The number of rotatable bonds is 4. The predicted octanol–water partition coefficient (Wildman–Crippen LogP) is 4.54. The molecule has 5 heteroatoms. The van der Waals surface area contributed by atoms with Gasteiger partial charge >= 0.3 is 0 Å². The molecule has 2 rings (SSSR count). The molecule has 2 aromatic rings. The number of methoxy groups -OCH3 is 1. The fourth-order valence-corrected chi connectivity index (χ4v) is 2.48. The van der Waals surface area contributed by atoms with E-state index in [0.29, 0.717) is 11.0 Å². The van der Waals surface area contributed by atoms with Crippen LogP contribution in [0, 0.1) is 0 Å². The number of hydrogen-bond acceptors (Lipinski definition) is 3. The van der Waals surface area contributed by atoms with Gasteiger partial charge in [-0.3, -0.25) is 0 Å². The number of anilines is 1. The number of hydrogen-bond donors (Lipinski definition) is 2. The number of phenols is 1. The third kappa shape index (κ3) is 3.42. The van der Waals surface area contributed by atoms with Crippen LogP contribution in [0.1, 0.15) is 5.56 Å². The second-order valence-electron chi connectivity index (χ2n) is 3.95. The minimum atomic E-state index is 0.254. The lowest BCUT2D eigenvalue weighted by atomic mass is 10.2. The van der Waals surface area contributed by atoms with Gasteiger partial charge in [0.2, 0.25) is 0 Å². The second-order valence-corrected chi connectivity index (χ2v) is 5.72. The average Bonchev–Trinajstić information content (AvgIpc) is 2.40. The van der Waals surface area contributed by atoms with Crippen molar-refractivity contribution in [2.24, 2.45) is 0 Å². The molecule has 0 spiro atoms. The van der Waals surface area contributed by atoms with E-state index in [1.54, 1.807) is 13.2 Å². The lowest BCUT2D eigenvalue weighted by Crippen LogP contribution is -2.01. The highest BCUT2D eigenvalue weighted by Gasteiger charge is 2.07. The van der Waals surface area contributed by atoms with E-state index in [0.717, 1.165) is 21.5 Å². The van der Waals surface area contributed by atoms with Crippen molar-refractivity contribution in [1.29, 1.82) is 0 Å². The molecule has 0 radical (unpaired) electrons. The van der Waals surface area contributed by atoms with E-state index in [9.17, 15) is 5.11 Å². The van der Waals surface area contributed by atoms with Crippen LogP contribution in [0.2, 0.25) is 0 Å². The molecule has 0 atom stereocenters. The summed E-state index contributed by atoms with van der Waals surface area (Å²) in [4.78, 5) is 0. The van der Waals surface area contributed by atoms with Gasteiger partial charge in [0.15, 0.2) is 0 Å². The fraction of sp³-hybridized carbons (Fsp3) is 0.143. The van der Waals surface area contributed by atoms with Gasteiger partial charge in [-0.2, -0.15) is 0 Å². The van der Waals surface area contributed by atoms with E-state index in [-0.39, 0.29) is 5.75 Å². The van der Waals surface area contributed by atoms with Crippen LogP contribution in [0.15, 0.2) is 45.3 Å². The van der Waals surface area contributed by atoms with Crippen molar-refractivity contribution in [1.82, 2.24) is 0 Å². The van der Waals surface area contributed by atoms with Crippen molar-refractivity contribution < 1.29 is 9.84 Å². The summed E-state index contributed by atoms with van der Waals surface area (Å²) in [5, 5.41) is 13.2. The molecule has 3 nitrogen and oxygen atoms in total. The standard InChI is InChI=1S/C14H13Br2NO2/c1-19-13-6-5-10(15)7-12(13)17-8-9-3-2-4-11(16)14(9)18/h2-7,17-18H,8H2,1H3. The zero-order valence-corrected chi connectivity index (χ0v) is 13.5. The van der Waals surface area contributed by atoms with Crippen LogP contribution in [-0.2, 0) is 6.54 Å². The SMILES string of the molecule is COc1ccc(Br)cc1NCc1cccc(Br)c1O. The zero-order chi connectivity index (χ0) is 13.8. The number of nitrogens with one attached hydrogen (secondary N) is 1. The Bertz CT molecular complexity index is 588. The van der Waals surface area contributed by atoms with Crippen molar-refractivity contribution >= 4 is 37.5 Å². The highest BCUT2D eigenvalue weighted by atomic mass is 79.9. The summed E-state index contributed by atoms with van der Waals surface area (Å²) in [7, 11) is 1.63. The Balaban J connectivity index is 2.18. The Hall–Kier alpha value is -1.20. The predicted molar refractivity (Wildman–Crippen MR) is 83.8 cm³/mol. The van der Waals surface area contributed by atoms with Crippen LogP contribution < -0.4 is 10.1 Å². The van der Waals surface area contributed by atoms with Crippen molar-refractivity contribution in [3.05, 3.63) is 50.9 Å². The first-order valence-corrected chi connectivity index (χ1v) is 7.24. The topological polar surface area (TPSA) is 41.5 Å². The van der Waals surface area contributed by atoms with Crippen molar-refractivity contribution in [2.45, 2.75) is 6.54 Å². The van der Waals surface area contributed by atoms with Gasteiger partial charge in [0.05, 0.1) is 17.3 Å². The minimum Gasteiger partial charge on any atom is -0.506 e. The third-order valence-corrected chi connectivity index (χ3v) is 3.83. The number of phenolic OH excluding ortho intramolecular Hbond substituents is 1. The second kappa shape index (κ2) is 6.30. The molecular weight excluding hydrogens is 374 g/mol. The van der Waals surface area contributed by atoms with Crippen LogP contribution in [-0.4, -0.2) is 12.2 Å². The van der Waals surface area contributed by atoms with Gasteiger partial charge in [0.1, 0.15) is 11.5 Å². The van der Waals surface area contributed by atoms with E-state index in [1.807, 2.05) is 30.3 Å². The molecule has 0 unspecified atom stereocenters. The van der Waals surface area contributed by atoms with Gasteiger partial charge in [-0.25, -0.2) is 0 Å². The molecule has 0 aromatic heterocycles. The smallest absolute Gasteiger partial charge is 0.142 e. The third-order valence-electron chi connectivity index (χ3n) is 2.70. The van der Waals surface area contributed by atoms with E-state index in [4.69, 9.17) is 4.74 Å². The summed E-state index contributed by atoms with van der Waals surface area (Å²) in [6, 6.07) is 11.3. The molecule has 0 fully saturated rings. The van der Waals surface area contributed by atoms with Crippen LogP contribution in [0.5, 0.6) is 11.5 Å². The molecular formula is C14H13Br2NO2. The Morgan fingerprint density at radius 3 is 2.74 bits per heavy atom. The summed E-state index contributed by atoms with van der Waals surface area (Å²) in [6.45, 7) is 0.512. The Morgan fingerprint density at radius 1 is 1.21 bits per heavy atom. The molecule has 2 N–H and O–H groups in total. The van der Waals surface area contributed by atoms with Gasteiger partial charge in [0, 0.05) is 16.6 Å². The maximum absolute atomic E-state index is 9.93. The lowest BCUT2D eigenvalue weighted by Gasteiger charge is -2.12. The first-order chi connectivity index (χ1) is 9.11. The van der Waals surface area contributed by atoms with Crippen LogP contribution >= 0.6 is 31.9 Å². The van der Waals surface area contributed by atoms with E-state index < -0.39 is 0 Å². The zero-order valence-electron chi connectivity index (χ0n) is 10.3. The molecule has 0 aliphatic heterocycles. The van der Waals surface area contributed by atoms with E-state index >= 15 is 0 Å². The molecule has 0 amide bonds. The Labute approximate surface area is 128 Å². The summed E-state index contributed by atoms with van der Waals surface area (Å²) in [5.41, 5.74) is 1.69. The van der Waals surface area contributed by atoms with Gasteiger partial charge in [-0.15, -0.1) is 0 Å². The molecule has 0 heterocycles. The molecule has 19 heavy (non-hydrogen) atoms. The molecule has 0 saturated heterocycles. The number of ether oxygens (including phenoxy) is 1. The van der Waals surface area contributed by atoms with Gasteiger partial charge in [-0.1, -0.05) is 28.1 Å². The first-order valence-electron chi connectivity index (χ1n) is 5.65. The summed E-state index contributed by atoms with van der Waals surface area (Å²) < 4.78 is 6.94.